The molecule has 1 aliphatic rings. The van der Waals surface area contributed by atoms with E-state index in [1.165, 1.54) is 36.6 Å². The number of hydrogen-bond acceptors (Lipinski definition) is 1. The van der Waals surface area contributed by atoms with E-state index < -0.39 is 0 Å². The van der Waals surface area contributed by atoms with E-state index in [9.17, 15) is 9.18 Å². The van der Waals surface area contributed by atoms with Crippen LogP contribution in [0.4, 0.5) is 4.39 Å². The number of nitrogens with one attached hydrogen (secondary N) is 1. The lowest BCUT2D eigenvalue weighted by Crippen LogP contribution is -2.25. The fourth-order valence-electron chi connectivity index (χ4n) is 2.28. The van der Waals surface area contributed by atoms with E-state index >= 15 is 0 Å². The third-order valence-electron chi connectivity index (χ3n) is 3.30. The molecule has 0 unspecified atom stereocenters. The third-order valence-corrected chi connectivity index (χ3v) is 3.30. The Morgan fingerprint density at radius 2 is 2.28 bits per heavy atom. The van der Waals surface area contributed by atoms with Crippen LogP contribution in [0.15, 0.2) is 29.8 Å². The summed E-state index contributed by atoms with van der Waals surface area (Å²) in [6.07, 6.45) is 6.74. The summed E-state index contributed by atoms with van der Waals surface area (Å²) in [5.74, 6) is -0.425. The van der Waals surface area contributed by atoms with Crippen LogP contribution in [-0.4, -0.2) is 12.5 Å². The summed E-state index contributed by atoms with van der Waals surface area (Å²) in [7, 11) is 0. The number of aryl methyl sites for hydroxylation is 1. The summed E-state index contributed by atoms with van der Waals surface area (Å²) in [6, 6.07) is 4.24. The summed E-state index contributed by atoms with van der Waals surface area (Å²) in [5.41, 5.74) is 2.66. The van der Waals surface area contributed by atoms with Crippen molar-refractivity contribution in [2.24, 2.45) is 0 Å². The maximum absolute atomic E-state index is 12.9. The molecule has 1 N–H and O–H groups in total. The summed E-state index contributed by atoms with van der Waals surface area (Å²) in [4.78, 5) is 11.9. The van der Waals surface area contributed by atoms with Crippen molar-refractivity contribution in [1.29, 1.82) is 0 Å². The Hall–Kier alpha value is -1.64. The molecule has 1 amide bonds. The van der Waals surface area contributed by atoms with Crippen molar-refractivity contribution in [3.63, 3.8) is 0 Å². The number of hydrogen-bond donors (Lipinski definition) is 1. The van der Waals surface area contributed by atoms with Crippen LogP contribution in [0.5, 0.6) is 0 Å². The summed E-state index contributed by atoms with van der Waals surface area (Å²) in [5, 5.41) is 2.88. The van der Waals surface area contributed by atoms with Crippen LogP contribution in [-0.2, 0) is 0 Å². The average molecular weight is 247 g/mol. The Balaban J connectivity index is 1.87. The number of amides is 1. The first kappa shape index (κ1) is 12.8. The molecule has 2 rings (SSSR count). The van der Waals surface area contributed by atoms with Crippen LogP contribution in [0.2, 0.25) is 0 Å². The van der Waals surface area contributed by atoms with E-state index in [0.29, 0.717) is 17.7 Å². The first-order valence-electron chi connectivity index (χ1n) is 6.39. The molecule has 0 fully saturated rings. The molecule has 0 saturated heterocycles. The van der Waals surface area contributed by atoms with Gasteiger partial charge in [-0.2, -0.15) is 0 Å². The van der Waals surface area contributed by atoms with E-state index in [-0.39, 0.29) is 11.7 Å². The van der Waals surface area contributed by atoms with Crippen molar-refractivity contribution in [3.8, 4) is 0 Å². The molecule has 0 heterocycles. The molecule has 18 heavy (non-hydrogen) atoms. The molecule has 1 aromatic rings. The molecular formula is C15H18FNO. The van der Waals surface area contributed by atoms with E-state index in [0.717, 1.165) is 12.8 Å². The van der Waals surface area contributed by atoms with Gasteiger partial charge in [-0.25, -0.2) is 4.39 Å². The van der Waals surface area contributed by atoms with Crippen molar-refractivity contribution in [2.75, 3.05) is 6.54 Å². The van der Waals surface area contributed by atoms with Crippen molar-refractivity contribution < 1.29 is 9.18 Å². The van der Waals surface area contributed by atoms with Gasteiger partial charge in [0.15, 0.2) is 0 Å². The first-order valence-corrected chi connectivity index (χ1v) is 6.39. The molecule has 1 aliphatic carbocycles. The highest BCUT2D eigenvalue weighted by atomic mass is 19.1. The highest BCUT2D eigenvalue weighted by Gasteiger charge is 2.10. The maximum Gasteiger partial charge on any atom is 0.251 e. The maximum atomic E-state index is 12.9. The molecule has 0 saturated carbocycles. The normalized spacial score (nSPS) is 14.4. The fourth-order valence-corrected chi connectivity index (χ4v) is 2.28. The van der Waals surface area contributed by atoms with Gasteiger partial charge in [0.1, 0.15) is 5.82 Å². The van der Waals surface area contributed by atoms with Gasteiger partial charge in [0.25, 0.3) is 5.91 Å². The second-order valence-electron chi connectivity index (χ2n) is 4.72. The van der Waals surface area contributed by atoms with Crippen LogP contribution in [0.1, 0.15) is 41.6 Å². The topological polar surface area (TPSA) is 29.1 Å². The van der Waals surface area contributed by atoms with E-state index in [1.54, 1.807) is 6.92 Å². The lowest BCUT2D eigenvalue weighted by molar-refractivity contribution is 0.0953. The smallest absolute Gasteiger partial charge is 0.251 e. The number of allylic oxidation sites excluding steroid dienone is 1. The minimum absolute atomic E-state index is 0.119. The number of carbonyl (C=O) groups excluding carboxylic acids is 1. The lowest BCUT2D eigenvalue weighted by Gasteiger charge is -2.08. The Morgan fingerprint density at radius 1 is 1.44 bits per heavy atom. The van der Waals surface area contributed by atoms with E-state index in [4.69, 9.17) is 0 Å². The largest absolute Gasteiger partial charge is 0.352 e. The molecule has 0 aromatic heterocycles. The lowest BCUT2D eigenvalue weighted by atomic mass is 10.1. The summed E-state index contributed by atoms with van der Waals surface area (Å²) < 4.78 is 12.9. The number of benzene rings is 1. The van der Waals surface area contributed by atoms with Crippen LogP contribution in [0.3, 0.4) is 0 Å². The quantitative estimate of drug-likeness (QED) is 0.812. The first-order chi connectivity index (χ1) is 8.66. The Kier molecular flexibility index (Phi) is 4.13. The Labute approximate surface area is 107 Å². The summed E-state index contributed by atoms with van der Waals surface area (Å²) in [6.45, 7) is 2.40. The zero-order chi connectivity index (χ0) is 13.0. The molecule has 0 spiro atoms. The van der Waals surface area contributed by atoms with Crippen molar-refractivity contribution >= 4 is 5.91 Å². The van der Waals surface area contributed by atoms with Gasteiger partial charge in [-0.1, -0.05) is 11.6 Å². The molecule has 1 aromatic carbocycles. The standard InChI is InChI=1S/C15H18FNO/c1-11-10-13(16)6-7-14(11)15(18)17-9-8-12-4-2-3-5-12/h4,6-7,10H,2-3,5,8-9H2,1H3,(H,17,18). The van der Waals surface area contributed by atoms with Crippen LogP contribution < -0.4 is 5.32 Å². The highest BCUT2D eigenvalue weighted by molar-refractivity contribution is 5.95. The number of carbonyl (C=O) groups is 1. The van der Waals surface area contributed by atoms with Gasteiger partial charge >= 0.3 is 0 Å². The Bertz CT molecular complexity index is 479. The molecule has 96 valence electrons. The number of halogens is 1. The zero-order valence-electron chi connectivity index (χ0n) is 10.6. The number of rotatable bonds is 4. The van der Waals surface area contributed by atoms with Crippen molar-refractivity contribution in [2.45, 2.75) is 32.6 Å². The molecular weight excluding hydrogens is 229 g/mol. The molecule has 2 nitrogen and oxygen atoms in total. The van der Waals surface area contributed by atoms with Gasteiger partial charge < -0.3 is 5.32 Å². The van der Waals surface area contributed by atoms with Crippen molar-refractivity contribution in [3.05, 3.63) is 46.8 Å². The van der Waals surface area contributed by atoms with Gasteiger partial charge in [0, 0.05) is 12.1 Å². The second kappa shape index (κ2) is 5.80. The van der Waals surface area contributed by atoms with Gasteiger partial charge in [0.2, 0.25) is 0 Å². The SMILES string of the molecule is Cc1cc(F)ccc1C(=O)NCCC1=CCCC1. The second-order valence-corrected chi connectivity index (χ2v) is 4.72. The minimum Gasteiger partial charge on any atom is -0.352 e. The van der Waals surface area contributed by atoms with Crippen LogP contribution >= 0.6 is 0 Å². The predicted molar refractivity (Wildman–Crippen MR) is 70.0 cm³/mol. The average Bonchev–Trinajstić information content (AvgIpc) is 2.81. The molecule has 0 radical (unpaired) electrons. The van der Waals surface area contributed by atoms with Gasteiger partial charge in [-0.3, -0.25) is 4.79 Å². The monoisotopic (exact) mass is 247 g/mol. The predicted octanol–water partition coefficient (Wildman–Crippen LogP) is 3.36. The minimum atomic E-state index is -0.305. The van der Waals surface area contributed by atoms with E-state index in [2.05, 4.69) is 11.4 Å². The molecule has 3 heteroatoms. The summed E-state index contributed by atoms with van der Waals surface area (Å²) >= 11 is 0. The van der Waals surface area contributed by atoms with Crippen LogP contribution in [0.25, 0.3) is 0 Å². The molecule has 0 atom stereocenters. The van der Waals surface area contributed by atoms with Gasteiger partial charge in [0.05, 0.1) is 0 Å². The molecule has 0 aliphatic heterocycles. The van der Waals surface area contributed by atoms with Crippen molar-refractivity contribution in [1.82, 2.24) is 5.32 Å². The zero-order valence-corrected chi connectivity index (χ0v) is 10.6. The fraction of sp³-hybridized carbons (Fsp3) is 0.400. The third kappa shape index (κ3) is 3.19. The molecule has 0 bridgehead atoms. The Morgan fingerprint density at radius 3 is 2.94 bits per heavy atom. The van der Waals surface area contributed by atoms with Gasteiger partial charge in [-0.15, -0.1) is 0 Å². The van der Waals surface area contributed by atoms with Crippen LogP contribution in [0, 0.1) is 12.7 Å². The van der Waals surface area contributed by atoms with Gasteiger partial charge in [-0.05, 0) is 56.4 Å². The highest BCUT2D eigenvalue weighted by Crippen LogP contribution is 2.19. The van der Waals surface area contributed by atoms with E-state index in [1.807, 2.05) is 0 Å².